The van der Waals surface area contributed by atoms with Crippen LogP contribution in [0, 0.1) is 0 Å². The molecule has 4 aromatic rings. The summed E-state index contributed by atoms with van der Waals surface area (Å²) < 4.78 is 0. The third kappa shape index (κ3) is 8.84. The minimum atomic E-state index is -0.166. The van der Waals surface area contributed by atoms with Crippen LogP contribution in [0.2, 0.25) is 0 Å². The first-order valence-corrected chi connectivity index (χ1v) is 15.0. The minimum Gasteiger partial charge on any atom is -0.378 e. The third-order valence-electron chi connectivity index (χ3n) is 7.33. The quantitative estimate of drug-likeness (QED) is 0.230. The van der Waals surface area contributed by atoms with Crippen molar-refractivity contribution < 1.29 is 9.59 Å². The summed E-state index contributed by atoms with van der Waals surface area (Å²) in [6.07, 6.45) is 0. The molecule has 0 unspecified atom stereocenters. The van der Waals surface area contributed by atoms with Crippen molar-refractivity contribution in [3.05, 3.63) is 97.1 Å². The van der Waals surface area contributed by atoms with E-state index in [1.165, 1.54) is 0 Å². The summed E-state index contributed by atoms with van der Waals surface area (Å²) in [6.45, 7) is 0. The monoisotopic (exact) mass is 624 g/mol. The van der Waals surface area contributed by atoms with Crippen molar-refractivity contribution in [3.63, 3.8) is 0 Å². The Balaban J connectivity index is 0.000000250. The van der Waals surface area contributed by atoms with E-state index in [0.29, 0.717) is 0 Å². The fourth-order valence-electron chi connectivity index (χ4n) is 4.59. The van der Waals surface area contributed by atoms with Crippen molar-refractivity contribution in [2.45, 2.75) is 0 Å². The van der Waals surface area contributed by atoms with Crippen molar-refractivity contribution in [2.24, 2.45) is 0 Å². The van der Waals surface area contributed by atoms with Crippen LogP contribution in [0.15, 0.2) is 97.1 Å². The zero-order chi connectivity index (χ0) is 34.0. The molecule has 0 aliphatic rings. The Kier molecular flexibility index (Phi) is 12.3. The van der Waals surface area contributed by atoms with E-state index in [-0.39, 0.29) is 12.1 Å². The summed E-state index contributed by atoms with van der Waals surface area (Å²) in [6, 6.07) is 31.3. The molecule has 0 radical (unpaired) electrons. The molecule has 0 atom stereocenters. The SMILES string of the molecule is CNC(=O)N(c1ccc(N(C)C)cc1)c1ccc(N(C)C)cc1.CNC(=O)N(c1ccc(N(C)C)cc1)c1ccc(N(C)C)cc1. The van der Waals surface area contributed by atoms with Crippen LogP contribution in [0.4, 0.5) is 55.1 Å². The van der Waals surface area contributed by atoms with Crippen molar-refractivity contribution in [1.29, 1.82) is 0 Å². The lowest BCUT2D eigenvalue weighted by Crippen LogP contribution is -2.34. The predicted octanol–water partition coefficient (Wildman–Crippen LogP) is 6.59. The topological polar surface area (TPSA) is 77.6 Å². The lowest BCUT2D eigenvalue weighted by atomic mass is 10.2. The molecule has 0 aliphatic heterocycles. The van der Waals surface area contributed by atoms with Crippen LogP contribution >= 0.6 is 0 Å². The zero-order valence-electron chi connectivity index (χ0n) is 28.7. The lowest BCUT2D eigenvalue weighted by Gasteiger charge is -2.24. The molecule has 4 aromatic carbocycles. The van der Waals surface area contributed by atoms with E-state index in [1.54, 1.807) is 23.9 Å². The average molecular weight is 625 g/mol. The Morgan fingerprint density at radius 1 is 0.348 bits per heavy atom. The van der Waals surface area contributed by atoms with Gasteiger partial charge in [-0.25, -0.2) is 9.59 Å². The fourth-order valence-corrected chi connectivity index (χ4v) is 4.59. The molecule has 10 heteroatoms. The molecule has 0 bridgehead atoms. The predicted molar refractivity (Wildman–Crippen MR) is 196 cm³/mol. The Morgan fingerprint density at radius 2 is 0.500 bits per heavy atom. The Morgan fingerprint density at radius 3 is 0.630 bits per heavy atom. The number of carbonyl (C=O) groups is 2. The molecule has 0 saturated carbocycles. The van der Waals surface area contributed by atoms with Crippen molar-refractivity contribution in [3.8, 4) is 0 Å². The molecule has 10 nitrogen and oxygen atoms in total. The highest BCUT2D eigenvalue weighted by Gasteiger charge is 2.18. The van der Waals surface area contributed by atoms with Gasteiger partial charge in [0, 0.05) is 93.2 Å². The number of amides is 4. The number of rotatable bonds is 8. The first kappa shape index (κ1) is 35.1. The molecule has 0 aromatic heterocycles. The van der Waals surface area contributed by atoms with Gasteiger partial charge in [-0.2, -0.15) is 0 Å². The summed E-state index contributed by atoms with van der Waals surface area (Å²) in [5.74, 6) is 0. The van der Waals surface area contributed by atoms with Crippen molar-refractivity contribution >= 4 is 57.6 Å². The zero-order valence-corrected chi connectivity index (χ0v) is 28.7. The van der Waals surface area contributed by atoms with Gasteiger partial charge in [0.2, 0.25) is 0 Å². The van der Waals surface area contributed by atoms with Crippen LogP contribution in [0.3, 0.4) is 0 Å². The van der Waals surface area contributed by atoms with Gasteiger partial charge in [0.1, 0.15) is 0 Å². The van der Waals surface area contributed by atoms with E-state index < -0.39 is 0 Å². The Hall–Kier alpha value is -5.38. The molecular formula is C36H48N8O2. The molecule has 2 N–H and O–H groups in total. The van der Waals surface area contributed by atoms with E-state index in [1.807, 2.05) is 173 Å². The number of nitrogens with one attached hydrogen (secondary N) is 2. The van der Waals surface area contributed by atoms with Gasteiger partial charge in [0.25, 0.3) is 0 Å². The van der Waals surface area contributed by atoms with Crippen LogP contribution in [-0.4, -0.2) is 82.5 Å². The first-order valence-electron chi connectivity index (χ1n) is 15.0. The normalized spacial score (nSPS) is 10.1. The second kappa shape index (κ2) is 16.1. The highest BCUT2D eigenvalue weighted by molar-refractivity contribution is 6.00. The van der Waals surface area contributed by atoms with Gasteiger partial charge >= 0.3 is 12.1 Å². The van der Waals surface area contributed by atoms with E-state index in [4.69, 9.17) is 0 Å². The van der Waals surface area contributed by atoms with Gasteiger partial charge in [-0.05, 0) is 97.1 Å². The largest absolute Gasteiger partial charge is 0.378 e. The number of anilines is 8. The molecule has 46 heavy (non-hydrogen) atoms. The van der Waals surface area contributed by atoms with Crippen LogP contribution in [0.1, 0.15) is 0 Å². The maximum absolute atomic E-state index is 12.3. The van der Waals surface area contributed by atoms with E-state index in [0.717, 1.165) is 45.5 Å². The smallest absolute Gasteiger partial charge is 0.326 e. The van der Waals surface area contributed by atoms with E-state index in [9.17, 15) is 9.59 Å². The van der Waals surface area contributed by atoms with E-state index >= 15 is 0 Å². The van der Waals surface area contributed by atoms with Crippen molar-refractivity contribution in [1.82, 2.24) is 10.6 Å². The van der Waals surface area contributed by atoms with Gasteiger partial charge in [0.15, 0.2) is 0 Å². The Labute approximate surface area is 274 Å². The molecule has 0 fully saturated rings. The average Bonchev–Trinajstić information content (AvgIpc) is 3.06. The minimum absolute atomic E-state index is 0.166. The van der Waals surface area contributed by atoms with Gasteiger partial charge < -0.3 is 30.2 Å². The first-order chi connectivity index (χ1) is 21.9. The van der Waals surface area contributed by atoms with Gasteiger partial charge in [0.05, 0.1) is 22.7 Å². The number of urea groups is 2. The Bertz CT molecular complexity index is 1310. The second-order valence-corrected chi connectivity index (χ2v) is 11.4. The molecule has 4 rings (SSSR count). The highest BCUT2D eigenvalue weighted by Crippen LogP contribution is 2.30. The van der Waals surface area contributed by atoms with Crippen molar-refractivity contribution in [2.75, 3.05) is 99.9 Å². The molecule has 0 saturated heterocycles. The molecule has 0 spiro atoms. The summed E-state index contributed by atoms with van der Waals surface area (Å²) in [7, 11) is 19.2. The molecular weight excluding hydrogens is 576 g/mol. The summed E-state index contributed by atoms with van der Waals surface area (Å²) in [5, 5.41) is 5.41. The number of hydrogen-bond donors (Lipinski definition) is 2. The van der Waals surface area contributed by atoms with Crippen LogP contribution in [0.25, 0.3) is 0 Å². The van der Waals surface area contributed by atoms with E-state index in [2.05, 4.69) is 10.6 Å². The molecule has 0 aliphatic carbocycles. The third-order valence-corrected chi connectivity index (χ3v) is 7.33. The summed E-state index contributed by atoms with van der Waals surface area (Å²) in [4.78, 5) is 36.1. The van der Waals surface area contributed by atoms with Crippen LogP contribution in [-0.2, 0) is 0 Å². The standard InChI is InChI=1S/2C18H24N4O/c2*1-19-18(23)22(16-10-6-14(7-11-16)20(2)3)17-12-8-15(9-13-17)21(4)5/h2*6-13H,1-5H3,(H,19,23). The van der Waals surface area contributed by atoms with Crippen LogP contribution in [0.5, 0.6) is 0 Å². The maximum atomic E-state index is 12.3. The number of nitrogens with zero attached hydrogens (tertiary/aromatic N) is 6. The molecule has 0 heterocycles. The number of benzene rings is 4. The number of carbonyl (C=O) groups excluding carboxylic acids is 2. The molecule has 4 amide bonds. The van der Waals surface area contributed by atoms with Crippen LogP contribution < -0.4 is 40.0 Å². The van der Waals surface area contributed by atoms with Gasteiger partial charge in [-0.1, -0.05) is 0 Å². The van der Waals surface area contributed by atoms with Gasteiger partial charge in [-0.15, -0.1) is 0 Å². The molecule has 244 valence electrons. The maximum Gasteiger partial charge on any atom is 0.326 e. The highest BCUT2D eigenvalue weighted by atomic mass is 16.2. The second-order valence-electron chi connectivity index (χ2n) is 11.4. The number of hydrogen-bond acceptors (Lipinski definition) is 6. The summed E-state index contributed by atoms with van der Waals surface area (Å²) >= 11 is 0. The fraction of sp³-hybridized carbons (Fsp3) is 0.278. The lowest BCUT2D eigenvalue weighted by molar-refractivity contribution is 0.249. The van der Waals surface area contributed by atoms with Gasteiger partial charge in [-0.3, -0.25) is 9.80 Å². The summed E-state index contributed by atoms with van der Waals surface area (Å²) in [5.41, 5.74) is 7.67.